The number of allylic oxidation sites excluding steroid dienone is 2. The summed E-state index contributed by atoms with van der Waals surface area (Å²) in [5.41, 5.74) is 0.962. The van der Waals surface area contributed by atoms with Crippen molar-refractivity contribution in [1.82, 2.24) is 4.98 Å². The van der Waals surface area contributed by atoms with Gasteiger partial charge < -0.3 is 9.84 Å². The Balaban J connectivity index is 2.38. The zero-order valence-electron chi connectivity index (χ0n) is 13.3. The van der Waals surface area contributed by atoms with Crippen LogP contribution in [0.2, 0.25) is 0 Å². The Hall–Kier alpha value is -2.61. The third-order valence-electron chi connectivity index (χ3n) is 3.40. The minimum Gasteiger partial charge on any atom is -0.480 e. The second-order valence-electron chi connectivity index (χ2n) is 5.04. The number of hydrogen-bond donors (Lipinski definition) is 2. The van der Waals surface area contributed by atoms with Crippen molar-refractivity contribution in [3.8, 4) is 5.88 Å². The molecule has 1 atom stereocenters. The number of sulfonamides is 1. The van der Waals surface area contributed by atoms with Crippen LogP contribution in [0.5, 0.6) is 5.88 Å². The van der Waals surface area contributed by atoms with E-state index in [0.717, 1.165) is 5.56 Å². The molecule has 0 spiro atoms. The van der Waals surface area contributed by atoms with Crippen LogP contribution in [0.15, 0.2) is 48.2 Å². The number of carboxylic acid groups (broad SMARTS) is 1. The quantitative estimate of drug-likeness (QED) is 0.812. The highest BCUT2D eigenvalue weighted by molar-refractivity contribution is 7.93. The number of aromatic nitrogens is 1. The highest BCUT2D eigenvalue weighted by Crippen LogP contribution is 2.25. The smallest absolute Gasteiger partial charge is 0.335 e. The van der Waals surface area contributed by atoms with Crippen LogP contribution in [0, 0.1) is 0 Å². The van der Waals surface area contributed by atoms with Gasteiger partial charge in [0.05, 0.1) is 12.7 Å². The van der Waals surface area contributed by atoms with Gasteiger partial charge in [-0.2, -0.15) is 0 Å². The molecular weight excluding hydrogens is 332 g/mol. The van der Waals surface area contributed by atoms with Crippen molar-refractivity contribution < 1.29 is 23.1 Å². The number of methoxy groups -OCH3 is 1. The van der Waals surface area contributed by atoms with E-state index in [4.69, 9.17) is 9.84 Å². The third kappa shape index (κ3) is 4.02. The fraction of sp³-hybridized carbons (Fsp3) is 0.250. The van der Waals surface area contributed by atoms with Gasteiger partial charge in [0.25, 0.3) is 0 Å². The molecule has 0 amide bonds. The van der Waals surface area contributed by atoms with E-state index in [1.54, 1.807) is 12.3 Å². The second-order valence-corrected chi connectivity index (χ2v) is 6.88. The molecule has 1 heterocycles. The van der Waals surface area contributed by atoms with Gasteiger partial charge in [-0.1, -0.05) is 25.2 Å². The van der Waals surface area contributed by atoms with Gasteiger partial charge in [0.15, 0.2) is 0 Å². The lowest BCUT2D eigenvalue weighted by Gasteiger charge is -2.15. The highest BCUT2D eigenvalue weighted by atomic mass is 32.2. The molecule has 0 aromatic carbocycles. The summed E-state index contributed by atoms with van der Waals surface area (Å²) in [5.74, 6) is -1.05. The van der Waals surface area contributed by atoms with E-state index in [1.165, 1.54) is 37.5 Å². The number of nitrogens with one attached hydrogen (secondary N) is 1. The van der Waals surface area contributed by atoms with Gasteiger partial charge in [0.1, 0.15) is 10.9 Å². The SMILES string of the molecule is CCc1cnc(OC)c(NS(=O)(=O)C2C=CC=CC(C(=O)O)=C2)c1. The number of anilines is 1. The first-order valence-corrected chi connectivity index (χ1v) is 8.76. The summed E-state index contributed by atoms with van der Waals surface area (Å²) < 4.78 is 32.8. The van der Waals surface area contributed by atoms with Gasteiger partial charge >= 0.3 is 5.97 Å². The predicted molar refractivity (Wildman–Crippen MR) is 90.5 cm³/mol. The zero-order chi connectivity index (χ0) is 17.7. The molecule has 7 nitrogen and oxygen atoms in total. The summed E-state index contributed by atoms with van der Waals surface area (Å²) in [6, 6.07) is 1.64. The predicted octanol–water partition coefficient (Wildman–Crippen LogP) is 1.90. The molecule has 0 bridgehead atoms. The maximum atomic E-state index is 12.6. The molecule has 8 heteroatoms. The lowest BCUT2D eigenvalue weighted by atomic mass is 10.2. The largest absolute Gasteiger partial charge is 0.480 e. The van der Waals surface area contributed by atoms with Crippen LogP contribution in [0.1, 0.15) is 12.5 Å². The summed E-state index contributed by atoms with van der Waals surface area (Å²) in [6.07, 6.45) is 9.18. The fourth-order valence-electron chi connectivity index (χ4n) is 2.10. The number of pyridine rings is 1. The molecule has 1 aromatic heterocycles. The Morgan fingerprint density at radius 1 is 1.42 bits per heavy atom. The van der Waals surface area contributed by atoms with E-state index in [2.05, 4.69) is 9.71 Å². The van der Waals surface area contributed by atoms with Crippen LogP contribution in [0.3, 0.4) is 0 Å². The number of carbonyl (C=O) groups is 1. The van der Waals surface area contributed by atoms with Gasteiger partial charge in [-0.25, -0.2) is 18.2 Å². The number of aryl methyl sites for hydroxylation is 1. The standard InChI is InChI=1S/C16H18N2O5S/c1-3-11-8-14(15(23-2)17-10-11)18-24(21,22)13-7-5-4-6-12(9-13)16(19)20/h4-10,13,18H,3H2,1-2H3,(H,19,20). The topological polar surface area (TPSA) is 106 Å². The molecule has 2 N–H and O–H groups in total. The minimum atomic E-state index is -3.92. The van der Waals surface area contributed by atoms with Gasteiger partial charge in [-0.05, 0) is 30.2 Å². The first kappa shape index (κ1) is 17.7. The van der Waals surface area contributed by atoms with Crippen LogP contribution >= 0.6 is 0 Å². The number of hydrogen-bond acceptors (Lipinski definition) is 5. The van der Waals surface area contributed by atoms with Crippen LogP contribution < -0.4 is 9.46 Å². The average Bonchev–Trinajstić information content (AvgIpc) is 2.81. The Kier molecular flexibility index (Phi) is 5.40. The van der Waals surface area contributed by atoms with Crippen molar-refractivity contribution in [2.45, 2.75) is 18.6 Å². The van der Waals surface area contributed by atoms with Crippen LogP contribution in [0.4, 0.5) is 5.69 Å². The molecule has 0 fully saturated rings. The number of ether oxygens (including phenoxy) is 1. The molecule has 0 saturated carbocycles. The number of rotatable bonds is 6. The first-order valence-electron chi connectivity index (χ1n) is 7.22. The highest BCUT2D eigenvalue weighted by Gasteiger charge is 2.25. The minimum absolute atomic E-state index is 0.0947. The number of nitrogens with zero attached hydrogens (tertiary/aromatic N) is 1. The molecule has 0 aliphatic heterocycles. The van der Waals surface area contributed by atoms with Crippen molar-refractivity contribution in [2.24, 2.45) is 0 Å². The van der Waals surface area contributed by atoms with E-state index >= 15 is 0 Å². The fourth-order valence-corrected chi connectivity index (χ4v) is 3.31. The zero-order valence-corrected chi connectivity index (χ0v) is 14.1. The molecule has 24 heavy (non-hydrogen) atoms. The van der Waals surface area contributed by atoms with Crippen LogP contribution in [-0.4, -0.2) is 36.8 Å². The second kappa shape index (κ2) is 7.31. The number of carboxylic acids is 1. The molecule has 2 rings (SSSR count). The van der Waals surface area contributed by atoms with Crippen LogP contribution in [0.25, 0.3) is 0 Å². The number of aliphatic carboxylic acids is 1. The average molecular weight is 350 g/mol. The summed E-state index contributed by atoms with van der Waals surface area (Å²) in [5, 5.41) is 7.96. The molecule has 128 valence electrons. The molecule has 1 unspecified atom stereocenters. The van der Waals surface area contributed by atoms with Crippen molar-refractivity contribution in [2.75, 3.05) is 11.8 Å². The Labute approximate surface area is 140 Å². The third-order valence-corrected chi connectivity index (χ3v) is 4.91. The summed E-state index contributed by atoms with van der Waals surface area (Å²) >= 11 is 0. The van der Waals surface area contributed by atoms with Crippen molar-refractivity contribution in [1.29, 1.82) is 0 Å². The van der Waals surface area contributed by atoms with Gasteiger partial charge in [0.2, 0.25) is 15.9 Å². The summed E-state index contributed by atoms with van der Waals surface area (Å²) in [6.45, 7) is 1.92. The molecular formula is C16H18N2O5S. The van der Waals surface area contributed by atoms with E-state index < -0.39 is 21.2 Å². The van der Waals surface area contributed by atoms with Gasteiger partial charge in [-0.3, -0.25) is 4.72 Å². The summed E-state index contributed by atoms with van der Waals surface area (Å²) in [7, 11) is -2.53. The monoisotopic (exact) mass is 350 g/mol. The maximum absolute atomic E-state index is 12.6. The van der Waals surface area contributed by atoms with Crippen molar-refractivity contribution in [3.05, 3.63) is 53.8 Å². The molecule has 1 aromatic rings. The van der Waals surface area contributed by atoms with Crippen LogP contribution in [-0.2, 0) is 21.2 Å². The van der Waals surface area contributed by atoms with E-state index in [9.17, 15) is 13.2 Å². The van der Waals surface area contributed by atoms with E-state index in [-0.39, 0.29) is 17.1 Å². The molecule has 1 aliphatic carbocycles. The molecule has 0 radical (unpaired) electrons. The molecule has 1 aliphatic rings. The lowest BCUT2D eigenvalue weighted by molar-refractivity contribution is -0.132. The Morgan fingerprint density at radius 3 is 2.79 bits per heavy atom. The summed E-state index contributed by atoms with van der Waals surface area (Å²) in [4.78, 5) is 15.2. The lowest BCUT2D eigenvalue weighted by Crippen LogP contribution is -2.25. The van der Waals surface area contributed by atoms with E-state index in [1.807, 2.05) is 6.92 Å². The molecule has 0 saturated heterocycles. The van der Waals surface area contributed by atoms with Gasteiger partial charge in [-0.15, -0.1) is 0 Å². The van der Waals surface area contributed by atoms with Crippen molar-refractivity contribution >= 4 is 21.7 Å². The Bertz CT molecular complexity index is 825. The maximum Gasteiger partial charge on any atom is 0.335 e. The van der Waals surface area contributed by atoms with Gasteiger partial charge in [0, 0.05) is 6.20 Å². The van der Waals surface area contributed by atoms with E-state index in [0.29, 0.717) is 6.42 Å². The normalized spacial score (nSPS) is 17.1. The Morgan fingerprint density at radius 2 is 2.17 bits per heavy atom. The first-order chi connectivity index (χ1) is 11.4. The van der Waals surface area contributed by atoms with Crippen molar-refractivity contribution in [3.63, 3.8) is 0 Å².